The molecule has 0 fully saturated rings. The minimum absolute atomic E-state index is 0.00341. The van der Waals surface area contributed by atoms with Gasteiger partial charge in [0.2, 0.25) is 11.1 Å². The Hall–Kier alpha value is -3.24. The Bertz CT molecular complexity index is 1280. The van der Waals surface area contributed by atoms with Crippen molar-refractivity contribution in [2.45, 2.75) is 12.1 Å². The maximum atomic E-state index is 12.2. The van der Waals surface area contributed by atoms with Gasteiger partial charge in [-0.2, -0.15) is 0 Å². The Morgan fingerprint density at radius 2 is 2.10 bits per heavy atom. The second kappa shape index (κ2) is 7.64. The van der Waals surface area contributed by atoms with Crippen molar-refractivity contribution < 1.29 is 9.72 Å². The molecule has 0 unspecified atom stereocenters. The van der Waals surface area contributed by atoms with Crippen LogP contribution in [0.1, 0.15) is 5.56 Å². The third-order valence-electron chi connectivity index (χ3n) is 4.11. The van der Waals surface area contributed by atoms with Crippen LogP contribution < -0.4 is 5.32 Å². The first-order chi connectivity index (χ1) is 13.9. The van der Waals surface area contributed by atoms with Crippen molar-refractivity contribution in [3.8, 4) is 0 Å². The van der Waals surface area contributed by atoms with Crippen LogP contribution in [0.3, 0.4) is 0 Å². The van der Waals surface area contributed by atoms with Crippen molar-refractivity contribution in [1.82, 2.24) is 20.2 Å². The molecule has 2 aromatic carbocycles. The Morgan fingerprint density at radius 1 is 1.28 bits per heavy atom. The maximum Gasteiger partial charge on any atom is 0.289 e. The quantitative estimate of drug-likeness (QED) is 0.278. The zero-order valence-electron chi connectivity index (χ0n) is 15.0. The fraction of sp³-hybridized carbons (Fsp3) is 0.111. The van der Waals surface area contributed by atoms with E-state index in [-0.39, 0.29) is 28.1 Å². The predicted molar refractivity (Wildman–Crippen MR) is 111 cm³/mol. The van der Waals surface area contributed by atoms with Crippen LogP contribution in [0.15, 0.2) is 41.6 Å². The summed E-state index contributed by atoms with van der Waals surface area (Å²) in [6.45, 7) is 2.00. The van der Waals surface area contributed by atoms with Gasteiger partial charge in [-0.15, -0.1) is 10.2 Å². The van der Waals surface area contributed by atoms with Gasteiger partial charge in [-0.1, -0.05) is 35.0 Å². The average Bonchev–Trinajstić information content (AvgIpc) is 3.04. The molecular formula is C18H13ClN6O3S. The number of anilines is 1. The van der Waals surface area contributed by atoms with Gasteiger partial charge < -0.3 is 10.3 Å². The second-order valence-corrected chi connectivity index (χ2v) is 7.58. The number of nitro groups is 1. The second-order valence-electron chi connectivity index (χ2n) is 6.23. The molecule has 0 radical (unpaired) electrons. The number of nitro benzene ring substituents is 1. The summed E-state index contributed by atoms with van der Waals surface area (Å²) < 4.78 is 0. The fourth-order valence-electron chi connectivity index (χ4n) is 2.79. The number of rotatable bonds is 5. The molecule has 0 bridgehead atoms. The van der Waals surface area contributed by atoms with Gasteiger partial charge in [0.25, 0.3) is 5.69 Å². The van der Waals surface area contributed by atoms with E-state index in [2.05, 4.69) is 25.5 Å². The van der Waals surface area contributed by atoms with Crippen LogP contribution in [-0.4, -0.2) is 36.7 Å². The van der Waals surface area contributed by atoms with Crippen molar-refractivity contribution in [2.75, 3.05) is 11.1 Å². The lowest BCUT2D eigenvalue weighted by molar-refractivity contribution is -0.384. The molecule has 2 heterocycles. The molecule has 9 nitrogen and oxygen atoms in total. The van der Waals surface area contributed by atoms with Crippen molar-refractivity contribution in [2.24, 2.45) is 0 Å². The van der Waals surface area contributed by atoms with E-state index in [9.17, 15) is 14.9 Å². The highest BCUT2D eigenvalue weighted by atomic mass is 35.5. The van der Waals surface area contributed by atoms with Gasteiger partial charge >= 0.3 is 0 Å². The van der Waals surface area contributed by atoms with Crippen LogP contribution in [0, 0.1) is 17.0 Å². The van der Waals surface area contributed by atoms with Crippen LogP contribution in [0.4, 0.5) is 11.4 Å². The number of amides is 1. The average molecular weight is 429 g/mol. The van der Waals surface area contributed by atoms with Gasteiger partial charge in [-0.05, 0) is 31.2 Å². The van der Waals surface area contributed by atoms with Crippen molar-refractivity contribution in [3.05, 3.63) is 57.1 Å². The summed E-state index contributed by atoms with van der Waals surface area (Å²) in [6, 6.07) is 10.0. The van der Waals surface area contributed by atoms with Crippen molar-refractivity contribution in [3.63, 3.8) is 0 Å². The number of H-pyrrole nitrogens is 1. The van der Waals surface area contributed by atoms with Gasteiger partial charge in [-0.25, -0.2) is 4.98 Å². The minimum atomic E-state index is -0.608. The van der Waals surface area contributed by atoms with E-state index in [0.717, 1.165) is 28.2 Å². The first-order valence-electron chi connectivity index (χ1n) is 8.40. The lowest BCUT2D eigenvalue weighted by Crippen LogP contribution is -2.14. The molecule has 2 aromatic heterocycles. The highest BCUT2D eigenvalue weighted by Crippen LogP contribution is 2.28. The third kappa shape index (κ3) is 3.98. The number of benzene rings is 2. The largest absolute Gasteiger partial charge is 0.338 e. The Kier molecular flexibility index (Phi) is 5.03. The van der Waals surface area contributed by atoms with E-state index in [4.69, 9.17) is 11.6 Å². The number of nitrogens with one attached hydrogen (secondary N) is 2. The van der Waals surface area contributed by atoms with Gasteiger partial charge in [0.05, 0.1) is 10.7 Å². The van der Waals surface area contributed by atoms with Gasteiger partial charge in [0, 0.05) is 22.7 Å². The molecule has 146 valence electrons. The molecule has 0 saturated carbocycles. The molecule has 0 atom stereocenters. The minimum Gasteiger partial charge on any atom is -0.338 e. The maximum absolute atomic E-state index is 12.2. The summed E-state index contributed by atoms with van der Waals surface area (Å²) in [5.41, 5.74) is 3.30. The van der Waals surface area contributed by atoms with Gasteiger partial charge in [0.1, 0.15) is 10.5 Å². The van der Waals surface area contributed by atoms with Gasteiger partial charge in [0.15, 0.2) is 5.65 Å². The van der Waals surface area contributed by atoms with Crippen molar-refractivity contribution in [1.29, 1.82) is 0 Å². The van der Waals surface area contributed by atoms with E-state index >= 15 is 0 Å². The van der Waals surface area contributed by atoms with E-state index < -0.39 is 4.92 Å². The van der Waals surface area contributed by atoms with E-state index in [1.54, 1.807) is 0 Å². The first-order valence-corrected chi connectivity index (χ1v) is 9.76. The number of halogens is 1. The number of carbonyl (C=O) groups is 1. The normalized spacial score (nSPS) is 11.1. The highest BCUT2D eigenvalue weighted by Gasteiger charge is 2.15. The summed E-state index contributed by atoms with van der Waals surface area (Å²) in [7, 11) is 0. The molecule has 0 saturated heterocycles. The predicted octanol–water partition coefficient (Wildman–Crippen LogP) is 4.11. The SMILES string of the molecule is Cc1ccc2[nH]c3nc(SCC(=O)Nc4ccc(Cl)c([N+](=O)[O-])c4)nnc3c2c1. The molecule has 1 amide bonds. The lowest BCUT2D eigenvalue weighted by Gasteiger charge is -2.05. The number of nitrogens with zero attached hydrogens (tertiary/aromatic N) is 4. The zero-order valence-corrected chi connectivity index (χ0v) is 16.5. The number of fused-ring (bicyclic) bond motifs is 3. The van der Waals surface area contributed by atoms with Gasteiger partial charge in [-0.3, -0.25) is 14.9 Å². The summed E-state index contributed by atoms with van der Waals surface area (Å²) in [6.07, 6.45) is 0. The van der Waals surface area contributed by atoms with Crippen LogP contribution in [0.2, 0.25) is 5.02 Å². The fourth-order valence-corrected chi connectivity index (χ4v) is 3.56. The van der Waals surface area contributed by atoms with E-state index in [1.165, 1.54) is 18.2 Å². The zero-order chi connectivity index (χ0) is 20.5. The number of aryl methyl sites for hydroxylation is 1. The van der Waals surface area contributed by atoms with Crippen LogP contribution in [0.5, 0.6) is 0 Å². The van der Waals surface area contributed by atoms with Crippen molar-refractivity contribution >= 4 is 62.7 Å². The molecular weight excluding hydrogens is 416 g/mol. The van der Waals surface area contributed by atoms with E-state index in [1.807, 2.05) is 25.1 Å². The highest BCUT2D eigenvalue weighted by molar-refractivity contribution is 7.99. The monoisotopic (exact) mass is 428 g/mol. The molecule has 4 aromatic rings. The first kappa shape index (κ1) is 19.1. The Labute approximate surface area is 173 Å². The Morgan fingerprint density at radius 3 is 2.90 bits per heavy atom. The van der Waals surface area contributed by atoms with E-state index in [0.29, 0.717) is 16.3 Å². The molecule has 4 rings (SSSR count). The lowest BCUT2D eigenvalue weighted by atomic mass is 10.2. The number of hydrogen-bond acceptors (Lipinski definition) is 7. The molecule has 0 aliphatic carbocycles. The van der Waals surface area contributed by atoms with Crippen LogP contribution >= 0.6 is 23.4 Å². The summed E-state index contributed by atoms with van der Waals surface area (Å²) >= 11 is 6.88. The third-order valence-corrected chi connectivity index (χ3v) is 5.27. The number of aromatic amines is 1. The topological polar surface area (TPSA) is 127 Å². The number of thioether (sulfide) groups is 1. The van der Waals surface area contributed by atoms with Crippen LogP contribution in [-0.2, 0) is 4.79 Å². The number of carbonyl (C=O) groups excluding carboxylic acids is 1. The molecule has 11 heteroatoms. The molecule has 0 aliphatic heterocycles. The summed E-state index contributed by atoms with van der Waals surface area (Å²) in [4.78, 5) is 30.1. The smallest absolute Gasteiger partial charge is 0.289 e. The summed E-state index contributed by atoms with van der Waals surface area (Å²) in [5, 5.41) is 23.1. The summed E-state index contributed by atoms with van der Waals surface area (Å²) in [5.74, 6) is -0.342. The standard InChI is InChI=1S/C18H13ClN6O3S/c1-9-2-5-13-11(6-9)16-17(21-13)22-18(24-23-16)29-8-15(26)20-10-3-4-12(19)14(7-10)25(27)28/h2-7H,8H2,1H3,(H,20,26)(H,21,22,24). The molecule has 2 N–H and O–H groups in total. The number of aromatic nitrogens is 4. The molecule has 0 spiro atoms. The Balaban J connectivity index is 1.46. The van der Waals surface area contributed by atoms with Crippen LogP contribution in [0.25, 0.3) is 22.1 Å². The number of hydrogen-bond donors (Lipinski definition) is 2. The molecule has 29 heavy (non-hydrogen) atoms. The molecule has 0 aliphatic rings.